The maximum atomic E-state index is 3.56. The van der Waals surface area contributed by atoms with Crippen molar-refractivity contribution in [2.24, 2.45) is 5.92 Å². The van der Waals surface area contributed by atoms with E-state index < -0.39 is 0 Å². The van der Waals surface area contributed by atoms with Gasteiger partial charge in [-0.05, 0) is 5.92 Å². The second-order valence-corrected chi connectivity index (χ2v) is 1.48. The van der Waals surface area contributed by atoms with Crippen molar-refractivity contribution in [3.8, 4) is 0 Å². The van der Waals surface area contributed by atoms with Gasteiger partial charge in [-0.2, -0.15) is 0 Å². The molecule has 0 bridgehead atoms. The summed E-state index contributed by atoms with van der Waals surface area (Å²) in [5.74, 6) is 0.648. The summed E-state index contributed by atoms with van der Waals surface area (Å²) in [6.45, 7) is 7.77. The molecule has 0 heteroatoms. The van der Waals surface area contributed by atoms with Crippen molar-refractivity contribution in [3.05, 3.63) is 12.7 Å². The lowest BCUT2D eigenvalue weighted by atomic mass is 10.2. The Balaban J connectivity index is 2.83. The van der Waals surface area contributed by atoms with E-state index in [0.29, 0.717) is 5.92 Å². The lowest BCUT2D eigenvalue weighted by Crippen LogP contribution is -1.71. The number of hydrogen-bond acceptors (Lipinski definition) is 0. The third-order valence-corrected chi connectivity index (χ3v) is 0.471. The van der Waals surface area contributed by atoms with Gasteiger partial charge in [-0.15, -0.1) is 6.58 Å². The van der Waals surface area contributed by atoms with E-state index in [1.807, 2.05) is 6.08 Å². The van der Waals surface area contributed by atoms with Gasteiger partial charge in [0.2, 0.25) is 0 Å². The highest BCUT2D eigenvalue weighted by Gasteiger charge is 1.73. The van der Waals surface area contributed by atoms with Crippen molar-refractivity contribution in [3.63, 3.8) is 0 Å². The van der Waals surface area contributed by atoms with Crippen LogP contribution in [0.5, 0.6) is 0 Å². The van der Waals surface area contributed by atoms with E-state index in [1.165, 1.54) is 0 Å². The van der Waals surface area contributed by atoms with E-state index in [-0.39, 0.29) is 0 Å². The van der Waals surface area contributed by atoms with Crippen LogP contribution < -0.4 is 0 Å². The molecule has 0 aromatic carbocycles. The SMILES string of the molecule is C=CC(C)C. The summed E-state index contributed by atoms with van der Waals surface area (Å²) in [7, 11) is 0. The van der Waals surface area contributed by atoms with Crippen molar-refractivity contribution >= 4 is 0 Å². The fourth-order valence-electron chi connectivity index (χ4n) is 0. The zero-order chi connectivity index (χ0) is 4.28. The van der Waals surface area contributed by atoms with Gasteiger partial charge < -0.3 is 0 Å². The van der Waals surface area contributed by atoms with Crippen molar-refractivity contribution in [1.82, 2.24) is 0 Å². The molecule has 0 radical (unpaired) electrons. The monoisotopic (exact) mass is 70.1 g/mol. The van der Waals surface area contributed by atoms with Gasteiger partial charge in [0, 0.05) is 0 Å². The molecule has 0 aliphatic heterocycles. The minimum absolute atomic E-state index is 0.648. The van der Waals surface area contributed by atoms with Gasteiger partial charge in [-0.25, -0.2) is 0 Å². The van der Waals surface area contributed by atoms with Crippen LogP contribution in [0.25, 0.3) is 0 Å². The Hall–Kier alpha value is -0.260. The van der Waals surface area contributed by atoms with Gasteiger partial charge in [0.25, 0.3) is 0 Å². The largest absolute Gasteiger partial charge is 0.103 e. The molecule has 0 fully saturated rings. The van der Waals surface area contributed by atoms with Crippen LogP contribution in [0.2, 0.25) is 0 Å². The average molecular weight is 70.1 g/mol. The second kappa shape index (κ2) is 2.01. The van der Waals surface area contributed by atoms with Crippen molar-refractivity contribution in [1.29, 1.82) is 0 Å². The summed E-state index contributed by atoms with van der Waals surface area (Å²) in [6.07, 6.45) is 1.92. The average Bonchev–Trinajstić information content (AvgIpc) is 1.38. The van der Waals surface area contributed by atoms with Crippen LogP contribution >= 0.6 is 0 Å². The Labute approximate surface area is 33.5 Å². The van der Waals surface area contributed by atoms with E-state index in [4.69, 9.17) is 0 Å². The molecule has 0 atom stereocenters. The Morgan fingerprint density at radius 3 is 1.80 bits per heavy atom. The van der Waals surface area contributed by atoms with Crippen LogP contribution in [0.4, 0.5) is 0 Å². The highest BCUT2D eigenvalue weighted by molar-refractivity contribution is 4.69. The Morgan fingerprint density at radius 2 is 1.80 bits per heavy atom. The molecule has 0 aliphatic carbocycles. The minimum atomic E-state index is 0.648. The minimum Gasteiger partial charge on any atom is -0.103 e. The van der Waals surface area contributed by atoms with E-state index in [9.17, 15) is 0 Å². The van der Waals surface area contributed by atoms with Crippen molar-refractivity contribution < 1.29 is 0 Å². The van der Waals surface area contributed by atoms with Crippen LogP contribution in [0.3, 0.4) is 0 Å². The molecule has 0 aromatic heterocycles. The number of hydrogen-bond donors (Lipinski definition) is 0. The molecule has 0 unspecified atom stereocenters. The smallest absolute Gasteiger partial charge is 0.0293 e. The van der Waals surface area contributed by atoms with Gasteiger partial charge in [0.1, 0.15) is 0 Å². The van der Waals surface area contributed by atoms with Crippen LogP contribution in [0, 0.1) is 5.92 Å². The summed E-state index contributed by atoms with van der Waals surface area (Å²) in [4.78, 5) is 0. The molecule has 30 valence electrons. The summed E-state index contributed by atoms with van der Waals surface area (Å²) in [5.41, 5.74) is 0. The van der Waals surface area contributed by atoms with Crippen LogP contribution in [0.15, 0.2) is 12.7 Å². The van der Waals surface area contributed by atoms with Crippen LogP contribution in [0.1, 0.15) is 13.8 Å². The van der Waals surface area contributed by atoms with E-state index in [1.54, 1.807) is 0 Å². The topological polar surface area (TPSA) is 0 Å². The van der Waals surface area contributed by atoms with Gasteiger partial charge in [0.15, 0.2) is 0 Å². The summed E-state index contributed by atoms with van der Waals surface area (Å²) in [5, 5.41) is 0. The van der Waals surface area contributed by atoms with Gasteiger partial charge >= 0.3 is 0 Å². The number of rotatable bonds is 1. The predicted molar refractivity (Wildman–Crippen MR) is 25.0 cm³/mol. The molecule has 0 spiro atoms. The molecule has 0 heterocycles. The molecular weight excluding hydrogens is 60.1 g/mol. The standard InChI is InChI=1S/C5H10/c1-4-5(2)3/h4-5H,1H2,2-3H3. The molecule has 0 rings (SSSR count). The zero-order valence-corrected chi connectivity index (χ0v) is 3.86. The van der Waals surface area contributed by atoms with E-state index in [2.05, 4.69) is 20.4 Å². The first-order chi connectivity index (χ1) is 2.27. The first-order valence-corrected chi connectivity index (χ1v) is 1.90. The van der Waals surface area contributed by atoms with Crippen LogP contribution in [-0.2, 0) is 0 Å². The molecule has 0 saturated heterocycles. The Bertz CT molecular complexity index is 27.0. The molecule has 0 N–H and O–H groups in total. The molecule has 5 heavy (non-hydrogen) atoms. The van der Waals surface area contributed by atoms with Crippen molar-refractivity contribution in [2.45, 2.75) is 13.8 Å². The first kappa shape index (κ1) is 4.74. The Kier molecular flexibility index (Phi) is 1.90. The molecular formula is C5H10. The fourth-order valence-corrected chi connectivity index (χ4v) is 0. The quantitative estimate of drug-likeness (QED) is 0.413. The molecule has 0 amide bonds. The summed E-state index contributed by atoms with van der Waals surface area (Å²) < 4.78 is 0. The summed E-state index contributed by atoms with van der Waals surface area (Å²) >= 11 is 0. The predicted octanol–water partition coefficient (Wildman–Crippen LogP) is 1.83. The highest BCUT2D eigenvalue weighted by Crippen LogP contribution is 1.87. The van der Waals surface area contributed by atoms with Crippen molar-refractivity contribution in [2.75, 3.05) is 0 Å². The molecule has 0 nitrogen and oxygen atoms in total. The van der Waals surface area contributed by atoms with E-state index in [0.717, 1.165) is 0 Å². The maximum Gasteiger partial charge on any atom is -0.0293 e. The molecule has 0 saturated carbocycles. The van der Waals surface area contributed by atoms with Gasteiger partial charge in [0.05, 0.1) is 0 Å². The highest BCUT2D eigenvalue weighted by atomic mass is 13.8. The molecule has 0 aromatic rings. The lowest BCUT2D eigenvalue weighted by Gasteiger charge is -1.84. The Morgan fingerprint density at radius 1 is 1.60 bits per heavy atom. The van der Waals surface area contributed by atoms with E-state index >= 15 is 0 Å². The fraction of sp³-hybridized carbons (Fsp3) is 0.600. The zero-order valence-electron chi connectivity index (χ0n) is 3.86. The first-order valence-electron chi connectivity index (χ1n) is 1.90. The number of allylic oxidation sites excluding steroid dienone is 1. The maximum absolute atomic E-state index is 3.56. The third-order valence-electron chi connectivity index (χ3n) is 0.471. The normalized spacial score (nSPS) is 8.60. The third kappa shape index (κ3) is 3.74. The lowest BCUT2D eigenvalue weighted by molar-refractivity contribution is 0.835. The van der Waals surface area contributed by atoms with Crippen LogP contribution in [-0.4, -0.2) is 0 Å². The van der Waals surface area contributed by atoms with Gasteiger partial charge in [-0.3, -0.25) is 0 Å². The van der Waals surface area contributed by atoms with Gasteiger partial charge in [-0.1, -0.05) is 19.9 Å². The second-order valence-electron chi connectivity index (χ2n) is 1.48. The summed E-state index contributed by atoms with van der Waals surface area (Å²) in [6, 6.07) is 0. The molecule has 0 aliphatic rings.